The van der Waals surface area contributed by atoms with E-state index in [4.69, 9.17) is 10.5 Å². The van der Waals surface area contributed by atoms with E-state index in [0.29, 0.717) is 24.8 Å². The third kappa shape index (κ3) is 5.08. The van der Waals surface area contributed by atoms with Crippen LogP contribution in [0.5, 0.6) is 0 Å². The number of anilines is 1. The van der Waals surface area contributed by atoms with E-state index in [-0.39, 0.29) is 30.9 Å². The summed E-state index contributed by atoms with van der Waals surface area (Å²) in [6.45, 7) is 8.62. The van der Waals surface area contributed by atoms with Crippen molar-refractivity contribution in [1.82, 2.24) is 4.90 Å². The number of rotatable bonds is 6. The van der Waals surface area contributed by atoms with E-state index in [9.17, 15) is 21.6 Å². The summed E-state index contributed by atoms with van der Waals surface area (Å²) in [5, 5.41) is -0.954. The summed E-state index contributed by atoms with van der Waals surface area (Å²) in [5.41, 5.74) is 5.27. The van der Waals surface area contributed by atoms with Gasteiger partial charge < -0.3 is 15.4 Å². The number of benzene rings is 1. The number of halogens is 3. The van der Waals surface area contributed by atoms with E-state index in [0.717, 1.165) is 25.2 Å². The van der Waals surface area contributed by atoms with Crippen molar-refractivity contribution in [3.8, 4) is 0 Å². The van der Waals surface area contributed by atoms with Gasteiger partial charge in [0, 0.05) is 57.0 Å². The SMILES string of the molecule is CO[C@@H]1C[C@H](S(=O)(=O)c2ccc(N3CCN(C(C)C)CC3)cc2C(F)(F)F)C[C@H]1C(C)N. The number of hydrogen-bond donors (Lipinski definition) is 1. The maximum atomic E-state index is 14.0. The molecule has 1 aromatic rings. The van der Waals surface area contributed by atoms with Crippen LogP contribution >= 0.6 is 0 Å². The predicted molar refractivity (Wildman–Crippen MR) is 119 cm³/mol. The highest BCUT2D eigenvalue weighted by Gasteiger charge is 2.46. The highest BCUT2D eigenvalue weighted by atomic mass is 32.2. The molecular formula is C22H34F3N3O3S. The molecule has 1 saturated carbocycles. The zero-order valence-electron chi connectivity index (χ0n) is 19.1. The van der Waals surface area contributed by atoms with E-state index in [2.05, 4.69) is 18.7 Å². The average Bonchev–Trinajstić information content (AvgIpc) is 3.18. The van der Waals surface area contributed by atoms with Crippen LogP contribution < -0.4 is 10.6 Å². The molecule has 2 aliphatic rings. The monoisotopic (exact) mass is 477 g/mol. The van der Waals surface area contributed by atoms with Gasteiger partial charge in [-0.05, 0) is 51.8 Å². The number of hydrogen-bond acceptors (Lipinski definition) is 6. The number of methoxy groups -OCH3 is 1. The van der Waals surface area contributed by atoms with Crippen molar-refractivity contribution in [1.29, 1.82) is 0 Å². The van der Waals surface area contributed by atoms with Crippen molar-refractivity contribution in [2.45, 2.75) is 68.1 Å². The largest absolute Gasteiger partial charge is 0.417 e. The highest BCUT2D eigenvalue weighted by molar-refractivity contribution is 7.92. The molecule has 2 N–H and O–H groups in total. The lowest BCUT2D eigenvalue weighted by Crippen LogP contribution is -2.49. The number of nitrogens with two attached hydrogens (primary N) is 1. The number of alkyl halides is 3. The first-order chi connectivity index (χ1) is 14.9. The van der Waals surface area contributed by atoms with Gasteiger partial charge in [-0.3, -0.25) is 4.90 Å². The van der Waals surface area contributed by atoms with E-state index in [1.165, 1.54) is 13.2 Å². The number of ether oxygens (including phenoxy) is 1. The van der Waals surface area contributed by atoms with Gasteiger partial charge in [0.2, 0.25) is 0 Å². The number of sulfone groups is 1. The van der Waals surface area contributed by atoms with Crippen LogP contribution in [0.2, 0.25) is 0 Å². The van der Waals surface area contributed by atoms with Crippen LogP contribution in [-0.2, 0) is 20.8 Å². The third-order valence-electron chi connectivity index (χ3n) is 6.91. The zero-order valence-corrected chi connectivity index (χ0v) is 19.9. The molecule has 0 bridgehead atoms. The van der Waals surface area contributed by atoms with Crippen molar-refractivity contribution >= 4 is 15.5 Å². The van der Waals surface area contributed by atoms with Crippen molar-refractivity contribution in [3.63, 3.8) is 0 Å². The molecule has 3 rings (SSSR count). The molecule has 1 aromatic carbocycles. The summed E-state index contributed by atoms with van der Waals surface area (Å²) >= 11 is 0. The minimum absolute atomic E-state index is 0.140. The summed E-state index contributed by atoms with van der Waals surface area (Å²) in [4.78, 5) is 3.49. The zero-order chi connectivity index (χ0) is 23.8. The Balaban J connectivity index is 1.92. The van der Waals surface area contributed by atoms with E-state index in [1.54, 1.807) is 6.92 Å². The van der Waals surface area contributed by atoms with Crippen molar-refractivity contribution in [2.75, 3.05) is 38.2 Å². The standard InChI is InChI=1S/C22H34F3N3O3S/c1-14(2)27-7-9-28(10-8-27)16-5-6-21(19(11-16)22(23,24)25)32(29,30)17-12-18(15(3)26)20(13-17)31-4/h5-6,11,14-15,17-18,20H,7-10,12-13,26H2,1-4H3/t15?,17-,18+,20-/m1/s1. The summed E-state index contributed by atoms with van der Waals surface area (Å²) in [7, 11) is -2.74. The van der Waals surface area contributed by atoms with Crippen LogP contribution in [0.3, 0.4) is 0 Å². The van der Waals surface area contributed by atoms with Crippen molar-refractivity contribution < 1.29 is 26.3 Å². The summed E-state index contributed by atoms with van der Waals surface area (Å²) in [6.07, 6.45) is -4.84. The smallest absolute Gasteiger partial charge is 0.381 e. The molecule has 6 nitrogen and oxygen atoms in total. The van der Waals surface area contributed by atoms with Crippen LogP contribution in [0.25, 0.3) is 0 Å². The molecule has 1 unspecified atom stereocenters. The first kappa shape index (κ1) is 25.3. The predicted octanol–water partition coefficient (Wildman–Crippen LogP) is 3.15. The summed E-state index contributed by atoms with van der Waals surface area (Å²) < 4.78 is 74.0. The third-order valence-corrected chi connectivity index (χ3v) is 9.14. The number of nitrogens with zero attached hydrogens (tertiary/aromatic N) is 2. The quantitative estimate of drug-likeness (QED) is 0.679. The Hall–Kier alpha value is -1.36. The average molecular weight is 478 g/mol. The van der Waals surface area contributed by atoms with Gasteiger partial charge in [-0.1, -0.05) is 0 Å². The molecule has 0 amide bonds. The van der Waals surface area contributed by atoms with Gasteiger partial charge in [-0.2, -0.15) is 13.2 Å². The fourth-order valence-corrected chi connectivity index (χ4v) is 6.94. The molecule has 1 aliphatic carbocycles. The van der Waals surface area contributed by atoms with E-state index < -0.39 is 31.7 Å². The van der Waals surface area contributed by atoms with Gasteiger partial charge in [-0.15, -0.1) is 0 Å². The van der Waals surface area contributed by atoms with E-state index >= 15 is 0 Å². The fourth-order valence-electron chi connectivity index (χ4n) is 4.92. The Morgan fingerprint density at radius 3 is 2.19 bits per heavy atom. The molecule has 182 valence electrons. The molecular weight excluding hydrogens is 443 g/mol. The van der Waals surface area contributed by atoms with Crippen LogP contribution in [0.15, 0.2) is 23.1 Å². The molecule has 32 heavy (non-hydrogen) atoms. The molecule has 1 aliphatic heterocycles. The lowest BCUT2D eigenvalue weighted by molar-refractivity contribution is -0.139. The normalized spacial score (nSPS) is 26.7. The molecule has 10 heteroatoms. The molecule has 4 atom stereocenters. The molecule has 0 spiro atoms. The molecule has 1 heterocycles. The second-order valence-corrected chi connectivity index (χ2v) is 11.4. The van der Waals surface area contributed by atoms with Gasteiger partial charge >= 0.3 is 6.18 Å². The lowest BCUT2D eigenvalue weighted by atomic mass is 9.98. The Morgan fingerprint density at radius 1 is 1.09 bits per heavy atom. The number of piperazine rings is 1. The van der Waals surface area contributed by atoms with Crippen molar-refractivity contribution in [2.24, 2.45) is 11.7 Å². The Kier molecular flexibility index (Phi) is 7.49. The van der Waals surface area contributed by atoms with Crippen molar-refractivity contribution in [3.05, 3.63) is 23.8 Å². The minimum Gasteiger partial charge on any atom is -0.381 e. The maximum Gasteiger partial charge on any atom is 0.417 e. The van der Waals surface area contributed by atoms with Gasteiger partial charge in [0.25, 0.3) is 0 Å². The summed E-state index contributed by atoms with van der Waals surface area (Å²) in [5.74, 6) is -0.217. The first-order valence-electron chi connectivity index (χ1n) is 11.1. The van der Waals surface area contributed by atoms with E-state index in [1.807, 2.05) is 4.90 Å². The van der Waals surface area contributed by atoms with Gasteiger partial charge in [0.1, 0.15) is 0 Å². The van der Waals surface area contributed by atoms with Gasteiger partial charge in [0.05, 0.1) is 21.8 Å². The minimum atomic E-state index is -4.78. The van der Waals surface area contributed by atoms with Gasteiger partial charge in [-0.25, -0.2) is 8.42 Å². The first-order valence-corrected chi connectivity index (χ1v) is 12.6. The second-order valence-electron chi connectivity index (χ2n) is 9.23. The van der Waals surface area contributed by atoms with Crippen LogP contribution in [-0.4, -0.2) is 70.0 Å². The Morgan fingerprint density at radius 2 is 1.72 bits per heavy atom. The molecule has 0 radical (unpaired) electrons. The van der Waals surface area contributed by atoms with Gasteiger partial charge in [0.15, 0.2) is 9.84 Å². The molecule has 1 saturated heterocycles. The molecule has 0 aromatic heterocycles. The Labute approximate surface area is 188 Å². The summed E-state index contributed by atoms with van der Waals surface area (Å²) in [6, 6.07) is 3.68. The maximum absolute atomic E-state index is 14.0. The highest BCUT2D eigenvalue weighted by Crippen LogP contribution is 2.42. The topological polar surface area (TPSA) is 75.9 Å². The second kappa shape index (κ2) is 9.48. The Bertz CT molecular complexity index is 897. The molecule has 2 fully saturated rings. The fraction of sp³-hybridized carbons (Fsp3) is 0.727. The lowest BCUT2D eigenvalue weighted by Gasteiger charge is -2.38. The van der Waals surface area contributed by atoms with Crippen LogP contribution in [0, 0.1) is 5.92 Å². The van der Waals surface area contributed by atoms with Crippen LogP contribution in [0.4, 0.5) is 18.9 Å². The van der Waals surface area contributed by atoms with Crippen LogP contribution in [0.1, 0.15) is 39.2 Å².